The predicted molar refractivity (Wildman–Crippen MR) is 123 cm³/mol. The van der Waals surface area contributed by atoms with Gasteiger partial charge in [-0.1, -0.05) is 17.7 Å². The van der Waals surface area contributed by atoms with Crippen molar-refractivity contribution >= 4 is 23.2 Å². The van der Waals surface area contributed by atoms with E-state index in [0.717, 1.165) is 11.3 Å². The minimum Gasteiger partial charge on any atom is -0.416 e. The van der Waals surface area contributed by atoms with Crippen LogP contribution in [0.3, 0.4) is 0 Å². The summed E-state index contributed by atoms with van der Waals surface area (Å²) in [5.74, 6) is 0. The fourth-order valence-corrected chi connectivity index (χ4v) is 3.61. The molecule has 0 bridgehead atoms. The van der Waals surface area contributed by atoms with Crippen molar-refractivity contribution in [2.75, 3.05) is 26.1 Å². The second kappa shape index (κ2) is 11.9. The fourth-order valence-electron chi connectivity index (χ4n) is 3.61. The van der Waals surface area contributed by atoms with E-state index in [1.165, 1.54) is 7.11 Å². The number of anilines is 1. The molecule has 178 valence electrons. The Bertz CT molecular complexity index is 919. The number of rotatable bonds is 8. The smallest absolute Gasteiger partial charge is 0.414 e. The maximum atomic E-state index is 12.5. The van der Waals surface area contributed by atoms with Gasteiger partial charge in [0.2, 0.25) is 6.29 Å². The van der Waals surface area contributed by atoms with Crippen molar-refractivity contribution in [3.05, 3.63) is 54.1 Å². The summed E-state index contributed by atoms with van der Waals surface area (Å²) in [4.78, 5) is 12.5. The summed E-state index contributed by atoms with van der Waals surface area (Å²) in [6.45, 7) is 6.20. The van der Waals surface area contributed by atoms with Crippen LogP contribution in [0.25, 0.3) is 0 Å². The van der Waals surface area contributed by atoms with E-state index in [1.54, 1.807) is 31.4 Å². The van der Waals surface area contributed by atoms with Crippen LogP contribution in [-0.2, 0) is 23.7 Å². The Hall–Kier alpha value is -2.85. The zero-order valence-electron chi connectivity index (χ0n) is 19.6. The van der Waals surface area contributed by atoms with Crippen LogP contribution in [0.4, 0.5) is 21.9 Å². The maximum Gasteiger partial charge on any atom is 0.414 e. The summed E-state index contributed by atoms with van der Waals surface area (Å²) in [6.07, 6.45) is -3.40. The van der Waals surface area contributed by atoms with Crippen LogP contribution in [-0.4, -0.2) is 57.6 Å². The number of benzene rings is 2. The quantitative estimate of drug-likeness (QED) is 0.551. The van der Waals surface area contributed by atoms with E-state index in [0.29, 0.717) is 18.0 Å². The predicted octanol–water partition coefficient (Wildman–Crippen LogP) is 5.14. The summed E-state index contributed by atoms with van der Waals surface area (Å²) >= 11 is 0. The van der Waals surface area contributed by atoms with Gasteiger partial charge in [-0.15, -0.1) is 0 Å². The molecular weight excluding hydrogens is 426 g/mol. The monoisotopic (exact) mass is 457 g/mol. The van der Waals surface area contributed by atoms with Crippen molar-refractivity contribution in [3.8, 4) is 0 Å². The summed E-state index contributed by atoms with van der Waals surface area (Å²) in [5, 5.41) is 11.1. The second-order valence-corrected chi connectivity index (χ2v) is 7.64. The molecule has 0 radical (unpaired) electrons. The van der Waals surface area contributed by atoms with Gasteiger partial charge in [-0.05, 0) is 57.2 Å². The van der Waals surface area contributed by atoms with Gasteiger partial charge in [0.25, 0.3) is 0 Å². The number of nitrogens with one attached hydrogen (secondary N) is 1. The number of hydrogen-bond acceptors (Lipinski definition) is 8. The number of aryl methyl sites for hydroxylation is 1. The van der Waals surface area contributed by atoms with E-state index in [2.05, 4.69) is 15.5 Å². The second-order valence-electron chi connectivity index (χ2n) is 7.64. The molecule has 0 unspecified atom stereocenters. The lowest BCUT2D eigenvalue weighted by molar-refractivity contribution is -0.292. The molecule has 1 saturated heterocycles. The number of amides is 1. The molecule has 1 N–H and O–H groups in total. The Labute approximate surface area is 194 Å². The zero-order chi connectivity index (χ0) is 23.8. The summed E-state index contributed by atoms with van der Waals surface area (Å²) in [7, 11) is 3.10. The van der Waals surface area contributed by atoms with Gasteiger partial charge in [0.15, 0.2) is 0 Å². The van der Waals surface area contributed by atoms with E-state index in [4.69, 9.17) is 23.7 Å². The third kappa shape index (κ3) is 6.58. The van der Waals surface area contributed by atoms with E-state index in [9.17, 15) is 4.79 Å². The molecule has 2 aromatic rings. The van der Waals surface area contributed by atoms with Crippen molar-refractivity contribution in [2.45, 2.75) is 51.5 Å². The SMILES string of the molecule is CCO[C@@H]1[C@@H](OC)[C@H](C)O[C@@H](OC(=O)Nc2ccc(N=Nc3ccc(C)cc3)cc2)[C@@H]1OC. The first-order chi connectivity index (χ1) is 15.9. The fraction of sp³-hybridized carbons (Fsp3) is 0.458. The number of carbonyl (C=O) groups is 1. The van der Waals surface area contributed by atoms with Crippen molar-refractivity contribution in [3.63, 3.8) is 0 Å². The first-order valence-corrected chi connectivity index (χ1v) is 10.8. The van der Waals surface area contributed by atoms with Crippen molar-refractivity contribution in [1.82, 2.24) is 0 Å². The average Bonchev–Trinajstić information content (AvgIpc) is 2.80. The van der Waals surface area contributed by atoms with Crippen LogP contribution < -0.4 is 5.32 Å². The minimum absolute atomic E-state index is 0.348. The van der Waals surface area contributed by atoms with Crippen LogP contribution >= 0.6 is 0 Å². The number of carbonyl (C=O) groups excluding carboxylic acids is 1. The van der Waals surface area contributed by atoms with Crippen LogP contribution in [0.1, 0.15) is 19.4 Å². The summed E-state index contributed by atoms with van der Waals surface area (Å²) in [6, 6.07) is 14.7. The Morgan fingerprint density at radius 3 is 2.06 bits per heavy atom. The third-order valence-corrected chi connectivity index (χ3v) is 5.28. The van der Waals surface area contributed by atoms with E-state index >= 15 is 0 Å². The molecule has 1 fully saturated rings. The average molecular weight is 458 g/mol. The highest BCUT2D eigenvalue weighted by Gasteiger charge is 2.47. The topological polar surface area (TPSA) is 100.0 Å². The molecular formula is C24H31N3O6. The van der Waals surface area contributed by atoms with Gasteiger partial charge in [-0.2, -0.15) is 10.2 Å². The normalized spacial score (nSPS) is 25.2. The molecule has 1 aliphatic heterocycles. The van der Waals surface area contributed by atoms with Crippen molar-refractivity contribution in [2.24, 2.45) is 10.2 Å². The highest BCUT2D eigenvalue weighted by Crippen LogP contribution is 2.28. The molecule has 3 rings (SSSR count). The van der Waals surface area contributed by atoms with Gasteiger partial charge in [0, 0.05) is 26.5 Å². The van der Waals surface area contributed by atoms with Gasteiger partial charge in [-0.3, -0.25) is 5.32 Å². The Morgan fingerprint density at radius 1 is 0.939 bits per heavy atom. The van der Waals surface area contributed by atoms with Gasteiger partial charge in [-0.25, -0.2) is 4.79 Å². The molecule has 9 heteroatoms. The molecule has 0 aromatic heterocycles. The molecule has 9 nitrogen and oxygen atoms in total. The Balaban J connectivity index is 1.59. The van der Waals surface area contributed by atoms with E-state index in [-0.39, 0.29) is 12.2 Å². The number of ether oxygens (including phenoxy) is 5. The third-order valence-electron chi connectivity index (χ3n) is 5.28. The van der Waals surface area contributed by atoms with Gasteiger partial charge in [0.05, 0.1) is 17.5 Å². The van der Waals surface area contributed by atoms with Gasteiger partial charge < -0.3 is 23.7 Å². The summed E-state index contributed by atoms with van der Waals surface area (Å²) < 4.78 is 28.2. The van der Waals surface area contributed by atoms with E-state index < -0.39 is 24.6 Å². The van der Waals surface area contributed by atoms with Crippen molar-refractivity contribution < 1.29 is 28.5 Å². The molecule has 0 spiro atoms. The first-order valence-electron chi connectivity index (χ1n) is 10.8. The number of nitrogens with zero attached hydrogens (tertiary/aromatic N) is 2. The highest BCUT2D eigenvalue weighted by atomic mass is 16.7. The Morgan fingerprint density at radius 2 is 1.52 bits per heavy atom. The lowest BCUT2D eigenvalue weighted by Crippen LogP contribution is -2.60. The highest BCUT2D eigenvalue weighted by molar-refractivity contribution is 5.84. The van der Waals surface area contributed by atoms with Crippen LogP contribution in [0.2, 0.25) is 0 Å². The van der Waals surface area contributed by atoms with Gasteiger partial charge >= 0.3 is 6.09 Å². The molecule has 0 aliphatic carbocycles. The molecule has 1 aliphatic rings. The molecule has 1 amide bonds. The lowest BCUT2D eigenvalue weighted by atomic mass is 9.99. The molecule has 5 atom stereocenters. The molecule has 0 saturated carbocycles. The zero-order valence-corrected chi connectivity index (χ0v) is 19.6. The van der Waals surface area contributed by atoms with Crippen molar-refractivity contribution in [1.29, 1.82) is 0 Å². The number of methoxy groups -OCH3 is 2. The largest absolute Gasteiger partial charge is 0.416 e. The number of azo groups is 1. The van der Waals surface area contributed by atoms with Gasteiger partial charge in [0.1, 0.15) is 18.3 Å². The maximum absolute atomic E-state index is 12.5. The lowest BCUT2D eigenvalue weighted by Gasteiger charge is -2.43. The Kier molecular flexibility index (Phi) is 8.90. The minimum atomic E-state index is -0.949. The van der Waals surface area contributed by atoms with Crippen LogP contribution in [0.15, 0.2) is 58.8 Å². The summed E-state index contributed by atoms with van der Waals surface area (Å²) in [5.41, 5.74) is 3.13. The molecule has 33 heavy (non-hydrogen) atoms. The van der Waals surface area contributed by atoms with Crippen LogP contribution in [0.5, 0.6) is 0 Å². The number of hydrogen-bond donors (Lipinski definition) is 1. The molecule has 2 aromatic carbocycles. The first kappa shape index (κ1) is 24.8. The van der Waals surface area contributed by atoms with E-state index in [1.807, 2.05) is 45.0 Å². The van der Waals surface area contributed by atoms with Crippen LogP contribution in [0, 0.1) is 6.92 Å². The molecule has 1 heterocycles. The standard InChI is InChI=1S/C24H31N3O6/c1-6-31-21-20(29-4)16(3)32-23(22(21)30-5)33-24(28)25-17-11-13-19(14-12-17)27-26-18-9-7-15(2)8-10-18/h7-14,16,20-23H,6H2,1-5H3,(H,25,28)/t16-,20-,21+,22+,23-/m0/s1.